The lowest BCUT2D eigenvalue weighted by Crippen LogP contribution is -2.57. The third-order valence-electron chi connectivity index (χ3n) is 3.74. The number of carbonyl (C=O) groups excluding carboxylic acids is 1. The second-order valence-electron chi connectivity index (χ2n) is 5.52. The zero-order chi connectivity index (χ0) is 17.0. The van der Waals surface area contributed by atoms with Crippen LogP contribution in [-0.2, 0) is 14.3 Å². The van der Waals surface area contributed by atoms with Gasteiger partial charge in [-0.15, -0.1) is 0 Å². The van der Waals surface area contributed by atoms with Crippen molar-refractivity contribution in [2.75, 3.05) is 0 Å². The van der Waals surface area contributed by atoms with Gasteiger partial charge in [-0.25, -0.2) is 9.59 Å². The van der Waals surface area contributed by atoms with Crippen LogP contribution in [0.15, 0.2) is 36.4 Å². The minimum Gasteiger partial charge on any atom is -0.479 e. The monoisotopic (exact) mass is 322 g/mol. The molecule has 0 amide bonds. The maximum absolute atomic E-state index is 11.8. The fourth-order valence-corrected chi connectivity index (χ4v) is 2.45. The molecule has 0 unspecified atom stereocenters. The largest absolute Gasteiger partial charge is 0.479 e. The quantitative estimate of drug-likeness (QED) is 0.452. The Morgan fingerprint density at radius 3 is 2.43 bits per heavy atom. The molecule has 0 aliphatic heterocycles. The van der Waals surface area contributed by atoms with Gasteiger partial charge in [0.05, 0.1) is 6.10 Å². The second-order valence-corrected chi connectivity index (χ2v) is 5.52. The van der Waals surface area contributed by atoms with Crippen LogP contribution in [-0.4, -0.2) is 56.3 Å². The van der Waals surface area contributed by atoms with E-state index in [0.717, 1.165) is 11.6 Å². The van der Waals surface area contributed by atoms with Crippen molar-refractivity contribution in [2.45, 2.75) is 36.8 Å². The number of carboxylic acid groups (broad SMARTS) is 1. The van der Waals surface area contributed by atoms with E-state index in [-0.39, 0.29) is 0 Å². The molecular weight excluding hydrogens is 304 g/mol. The molecule has 0 aromatic heterocycles. The number of rotatable bonds is 4. The van der Waals surface area contributed by atoms with Gasteiger partial charge in [0.25, 0.3) is 0 Å². The van der Waals surface area contributed by atoms with Crippen LogP contribution in [0.2, 0.25) is 0 Å². The molecule has 0 saturated heterocycles. The Morgan fingerprint density at radius 1 is 1.17 bits per heavy atom. The molecule has 7 heteroatoms. The van der Waals surface area contributed by atoms with E-state index in [9.17, 15) is 24.9 Å². The van der Waals surface area contributed by atoms with E-state index < -0.39 is 48.7 Å². The molecule has 0 heterocycles. The number of carboxylic acids is 1. The minimum absolute atomic E-state index is 0.495. The van der Waals surface area contributed by atoms with Gasteiger partial charge in [-0.2, -0.15) is 0 Å². The molecule has 23 heavy (non-hydrogen) atoms. The average molecular weight is 322 g/mol. The number of benzene rings is 1. The first-order chi connectivity index (χ1) is 10.8. The van der Waals surface area contributed by atoms with Crippen molar-refractivity contribution in [3.63, 3.8) is 0 Å². The van der Waals surface area contributed by atoms with Crippen LogP contribution in [0.25, 0.3) is 6.08 Å². The van der Waals surface area contributed by atoms with Crippen molar-refractivity contribution in [3.05, 3.63) is 42.0 Å². The highest BCUT2D eigenvalue weighted by molar-refractivity contribution is 5.87. The predicted octanol–water partition coefficient (Wildman–Crippen LogP) is -0.0571. The number of carbonyl (C=O) groups is 2. The van der Waals surface area contributed by atoms with Crippen molar-refractivity contribution >= 4 is 18.0 Å². The molecule has 1 aliphatic rings. The maximum atomic E-state index is 11.8. The van der Waals surface area contributed by atoms with E-state index in [4.69, 9.17) is 9.84 Å². The molecule has 0 spiro atoms. The van der Waals surface area contributed by atoms with Crippen LogP contribution in [0.5, 0.6) is 0 Å². The number of aliphatic hydroxyl groups excluding tert-OH is 2. The lowest BCUT2D eigenvalue weighted by Gasteiger charge is -2.39. The van der Waals surface area contributed by atoms with Gasteiger partial charge in [0.15, 0.2) is 5.60 Å². The van der Waals surface area contributed by atoms with Gasteiger partial charge >= 0.3 is 11.9 Å². The highest BCUT2D eigenvalue weighted by Crippen LogP contribution is 2.31. The van der Waals surface area contributed by atoms with Crippen molar-refractivity contribution < 1.29 is 34.8 Å². The van der Waals surface area contributed by atoms with Crippen molar-refractivity contribution in [3.8, 4) is 0 Å². The zero-order valence-corrected chi connectivity index (χ0v) is 12.2. The molecule has 1 saturated carbocycles. The predicted molar refractivity (Wildman–Crippen MR) is 79.2 cm³/mol. The lowest BCUT2D eigenvalue weighted by atomic mass is 9.79. The van der Waals surface area contributed by atoms with Gasteiger partial charge in [0, 0.05) is 18.9 Å². The molecule has 2 rings (SSSR count). The zero-order valence-electron chi connectivity index (χ0n) is 12.2. The van der Waals surface area contributed by atoms with Crippen LogP contribution in [0.4, 0.5) is 0 Å². The SMILES string of the molecule is O=C(/C=C/c1ccccc1)O[C@@H]1C[C@@](O)(C(=O)O)C[C@@H](O)[C@@H]1O. The van der Waals surface area contributed by atoms with E-state index in [1.54, 1.807) is 24.3 Å². The normalized spacial score (nSPS) is 31.0. The maximum Gasteiger partial charge on any atom is 0.335 e. The second kappa shape index (κ2) is 6.91. The van der Waals surface area contributed by atoms with E-state index in [0.29, 0.717) is 0 Å². The smallest absolute Gasteiger partial charge is 0.335 e. The third kappa shape index (κ3) is 4.16. The van der Waals surface area contributed by atoms with Gasteiger partial charge in [0.1, 0.15) is 12.2 Å². The molecule has 1 aromatic carbocycles. The van der Waals surface area contributed by atoms with Gasteiger partial charge in [-0.3, -0.25) is 0 Å². The molecule has 7 nitrogen and oxygen atoms in total. The summed E-state index contributed by atoms with van der Waals surface area (Å²) >= 11 is 0. The number of aliphatic carboxylic acids is 1. The number of ether oxygens (including phenoxy) is 1. The number of hydrogen-bond donors (Lipinski definition) is 4. The fraction of sp³-hybridized carbons (Fsp3) is 0.375. The summed E-state index contributed by atoms with van der Waals surface area (Å²) in [6.07, 6.45) is -2.67. The molecular formula is C16H18O7. The third-order valence-corrected chi connectivity index (χ3v) is 3.74. The topological polar surface area (TPSA) is 124 Å². The number of hydrogen-bond acceptors (Lipinski definition) is 6. The molecule has 1 fully saturated rings. The molecule has 1 aromatic rings. The van der Waals surface area contributed by atoms with E-state index in [1.165, 1.54) is 6.08 Å². The van der Waals surface area contributed by atoms with Crippen molar-refractivity contribution in [2.24, 2.45) is 0 Å². The van der Waals surface area contributed by atoms with E-state index >= 15 is 0 Å². The summed E-state index contributed by atoms with van der Waals surface area (Å²) in [6, 6.07) is 8.94. The van der Waals surface area contributed by atoms with Gasteiger partial charge in [-0.1, -0.05) is 30.3 Å². The summed E-state index contributed by atoms with van der Waals surface area (Å²) in [5.41, 5.74) is -1.48. The summed E-state index contributed by atoms with van der Waals surface area (Å²) in [7, 11) is 0. The number of esters is 1. The lowest BCUT2D eigenvalue weighted by molar-refractivity contribution is -0.196. The molecule has 0 radical (unpaired) electrons. The fourth-order valence-electron chi connectivity index (χ4n) is 2.45. The van der Waals surface area contributed by atoms with Crippen LogP contribution in [0.1, 0.15) is 18.4 Å². The summed E-state index contributed by atoms with van der Waals surface area (Å²) < 4.78 is 4.98. The Morgan fingerprint density at radius 2 is 1.83 bits per heavy atom. The molecule has 4 atom stereocenters. The highest BCUT2D eigenvalue weighted by atomic mass is 16.6. The Balaban J connectivity index is 2.03. The first kappa shape index (κ1) is 17.1. The summed E-state index contributed by atoms with van der Waals surface area (Å²) in [5, 5.41) is 38.5. The van der Waals surface area contributed by atoms with Crippen molar-refractivity contribution in [1.29, 1.82) is 0 Å². The summed E-state index contributed by atoms with van der Waals surface area (Å²) in [6.45, 7) is 0. The minimum atomic E-state index is -2.24. The molecule has 0 bridgehead atoms. The average Bonchev–Trinajstić information content (AvgIpc) is 2.51. The first-order valence-electron chi connectivity index (χ1n) is 7.07. The summed E-state index contributed by atoms with van der Waals surface area (Å²) in [4.78, 5) is 22.9. The van der Waals surface area contributed by atoms with Crippen molar-refractivity contribution in [1.82, 2.24) is 0 Å². The molecule has 4 N–H and O–H groups in total. The van der Waals surface area contributed by atoms with E-state index in [2.05, 4.69) is 0 Å². The van der Waals surface area contributed by atoms with Gasteiger partial charge in [-0.05, 0) is 11.6 Å². The van der Waals surface area contributed by atoms with Crippen LogP contribution < -0.4 is 0 Å². The highest BCUT2D eigenvalue weighted by Gasteiger charge is 2.50. The Bertz CT molecular complexity index is 598. The Labute approximate surface area is 132 Å². The van der Waals surface area contributed by atoms with Crippen LogP contribution in [0, 0.1) is 0 Å². The Kier molecular flexibility index (Phi) is 5.15. The van der Waals surface area contributed by atoms with Gasteiger partial charge in [0.2, 0.25) is 0 Å². The van der Waals surface area contributed by atoms with Gasteiger partial charge < -0.3 is 25.2 Å². The Hall–Kier alpha value is -2.22. The summed E-state index contributed by atoms with van der Waals surface area (Å²) in [5.74, 6) is -2.34. The standard InChI is InChI=1S/C16H18O7/c17-11-8-16(22,15(20)21)9-12(14(11)19)23-13(18)7-6-10-4-2-1-3-5-10/h1-7,11-12,14,17,19,22H,8-9H2,(H,20,21)/b7-6+/t11-,12-,14+,16-/m1/s1. The number of aliphatic hydroxyl groups is 3. The molecule has 1 aliphatic carbocycles. The van der Waals surface area contributed by atoms with Crippen LogP contribution in [0.3, 0.4) is 0 Å². The van der Waals surface area contributed by atoms with Crippen LogP contribution >= 0.6 is 0 Å². The first-order valence-corrected chi connectivity index (χ1v) is 7.07. The van der Waals surface area contributed by atoms with E-state index in [1.807, 2.05) is 6.07 Å². The molecule has 124 valence electrons.